The van der Waals surface area contributed by atoms with Crippen LogP contribution in [0.1, 0.15) is 82.6 Å². The minimum absolute atomic E-state index is 0.0481. The van der Waals surface area contributed by atoms with Crippen LogP contribution in [0.4, 0.5) is 34.1 Å². The van der Waals surface area contributed by atoms with E-state index in [0.717, 1.165) is 85.5 Å². The number of unbranched alkanes of at least 4 members (excludes halogenated alkanes) is 6. The van der Waals surface area contributed by atoms with Crippen LogP contribution in [0.3, 0.4) is 0 Å². The summed E-state index contributed by atoms with van der Waals surface area (Å²) in [5.74, 6) is -0.828. The van der Waals surface area contributed by atoms with Gasteiger partial charge in [-0.3, -0.25) is 19.6 Å². The van der Waals surface area contributed by atoms with E-state index in [4.69, 9.17) is 9.97 Å². The summed E-state index contributed by atoms with van der Waals surface area (Å²) in [6.07, 6.45) is 11.8. The molecule has 8 nitrogen and oxygen atoms in total. The molecule has 1 fully saturated rings. The second-order valence-corrected chi connectivity index (χ2v) is 15.7. The third-order valence-electron chi connectivity index (χ3n) is 11.6. The largest absolute Gasteiger partial charge is 0.329 e. The Morgan fingerprint density at radius 2 is 0.967 bits per heavy atom. The van der Waals surface area contributed by atoms with Gasteiger partial charge in [-0.15, -0.1) is 0 Å². The first-order chi connectivity index (χ1) is 29.6. The molecule has 0 radical (unpaired) electrons. The van der Waals surface area contributed by atoms with Crippen LogP contribution in [0.2, 0.25) is 0 Å². The number of aromatic nitrogens is 2. The number of rotatable bonds is 18. The van der Waals surface area contributed by atoms with Crippen LogP contribution < -0.4 is 9.80 Å². The van der Waals surface area contributed by atoms with Gasteiger partial charge in [0.1, 0.15) is 0 Å². The summed E-state index contributed by atoms with van der Waals surface area (Å²) in [4.78, 5) is 48.3. The van der Waals surface area contributed by atoms with Gasteiger partial charge in [-0.25, -0.2) is 0 Å². The standard InChI is InChI=1S/C52H54N6O2/c1-3-5-7-21-35-55-49(45-33-31-43(37-53-45)57(39-23-13-9-14-24-39)40-25-15-10-16-26-40)47-48(51(55)59)50(56(52(47)60)36-22-8-6-4-2)46-34-32-44(38-54-46)58(41-27-17-11-18-28-41)42-29-19-12-20-30-42/h9-20,23-34,37-38,47,49H,3-8,21-22,35-36H2,1-2H3. The van der Waals surface area contributed by atoms with Gasteiger partial charge in [0.15, 0.2) is 0 Å². The molecule has 2 aliphatic rings. The Kier molecular flexibility index (Phi) is 12.8. The molecule has 0 aliphatic carbocycles. The zero-order chi connectivity index (χ0) is 41.3. The van der Waals surface area contributed by atoms with Crippen LogP contribution in [0.15, 0.2) is 164 Å². The SMILES string of the molecule is CCCCCCN1C(=O)C2C(=C1c1ccc(N(c3ccccc3)c3ccccc3)cn1)C(=O)N(CCCCCC)C2c1ccc(N(c2ccccc2)c2ccccc2)cn1. The molecule has 4 heterocycles. The van der Waals surface area contributed by atoms with Crippen molar-refractivity contribution in [2.75, 3.05) is 22.9 Å². The molecule has 2 aliphatic heterocycles. The Morgan fingerprint density at radius 1 is 0.500 bits per heavy atom. The molecule has 0 saturated carbocycles. The van der Waals surface area contributed by atoms with E-state index >= 15 is 4.79 Å². The number of anilines is 6. The molecule has 0 bridgehead atoms. The fourth-order valence-electron chi connectivity index (χ4n) is 8.72. The summed E-state index contributed by atoms with van der Waals surface area (Å²) in [6, 6.07) is 48.5. The Bertz CT molecular complexity index is 2270. The maximum absolute atomic E-state index is 15.0. The lowest BCUT2D eigenvalue weighted by Crippen LogP contribution is -2.37. The van der Waals surface area contributed by atoms with E-state index in [1.807, 2.05) is 113 Å². The van der Waals surface area contributed by atoms with Crippen molar-refractivity contribution >= 4 is 51.6 Å². The number of fused-ring (bicyclic) bond motifs is 1. The van der Waals surface area contributed by atoms with Crippen LogP contribution >= 0.6 is 0 Å². The second kappa shape index (κ2) is 19.0. The van der Waals surface area contributed by atoms with Crippen LogP contribution in [0.5, 0.6) is 0 Å². The highest BCUT2D eigenvalue weighted by Crippen LogP contribution is 2.51. The van der Waals surface area contributed by atoms with Gasteiger partial charge in [0.05, 0.1) is 58.4 Å². The van der Waals surface area contributed by atoms with Crippen molar-refractivity contribution in [1.82, 2.24) is 19.8 Å². The van der Waals surface area contributed by atoms with Crippen LogP contribution in [-0.2, 0) is 9.59 Å². The highest BCUT2D eigenvalue weighted by Gasteiger charge is 2.56. The van der Waals surface area contributed by atoms with Gasteiger partial charge in [-0.1, -0.05) is 125 Å². The lowest BCUT2D eigenvalue weighted by atomic mass is 9.93. The van der Waals surface area contributed by atoms with Crippen molar-refractivity contribution in [1.29, 1.82) is 0 Å². The molecule has 6 aromatic rings. The molecule has 8 heteroatoms. The second-order valence-electron chi connectivity index (χ2n) is 15.7. The van der Waals surface area contributed by atoms with E-state index in [0.29, 0.717) is 35.7 Å². The minimum Gasteiger partial charge on any atom is -0.329 e. The normalized spacial score (nSPS) is 16.1. The van der Waals surface area contributed by atoms with Gasteiger partial charge >= 0.3 is 0 Å². The maximum atomic E-state index is 15.0. The van der Waals surface area contributed by atoms with Gasteiger partial charge in [-0.05, 0) is 85.6 Å². The first-order valence-electron chi connectivity index (χ1n) is 21.7. The zero-order valence-electron chi connectivity index (χ0n) is 34.7. The van der Waals surface area contributed by atoms with Gasteiger partial charge in [0.2, 0.25) is 5.91 Å². The maximum Gasteiger partial charge on any atom is 0.253 e. The molecule has 60 heavy (non-hydrogen) atoms. The smallest absolute Gasteiger partial charge is 0.253 e. The summed E-state index contributed by atoms with van der Waals surface area (Å²) in [5.41, 5.74) is 8.36. The van der Waals surface area contributed by atoms with Gasteiger partial charge in [-0.2, -0.15) is 0 Å². The topological polar surface area (TPSA) is 72.9 Å². The summed E-state index contributed by atoms with van der Waals surface area (Å²) < 4.78 is 0. The van der Waals surface area contributed by atoms with E-state index < -0.39 is 12.0 Å². The summed E-state index contributed by atoms with van der Waals surface area (Å²) in [5, 5.41) is 0. The molecule has 0 N–H and O–H groups in total. The number of benzene rings is 4. The van der Waals surface area contributed by atoms with Crippen molar-refractivity contribution in [3.63, 3.8) is 0 Å². The molecular formula is C52H54N6O2. The van der Waals surface area contributed by atoms with E-state index in [9.17, 15) is 4.79 Å². The Morgan fingerprint density at radius 3 is 1.40 bits per heavy atom. The average molecular weight is 795 g/mol. The quantitative estimate of drug-likeness (QED) is 0.0807. The van der Waals surface area contributed by atoms with Crippen LogP contribution in [0.25, 0.3) is 5.70 Å². The van der Waals surface area contributed by atoms with Crippen molar-refractivity contribution < 1.29 is 9.59 Å². The number of pyridine rings is 2. The average Bonchev–Trinajstić information content (AvgIpc) is 3.75. The number of hydrogen-bond donors (Lipinski definition) is 0. The highest BCUT2D eigenvalue weighted by atomic mass is 16.2. The number of hydrogen-bond acceptors (Lipinski definition) is 6. The van der Waals surface area contributed by atoms with Gasteiger partial charge < -0.3 is 19.6 Å². The number of amides is 2. The molecule has 4 aromatic carbocycles. The van der Waals surface area contributed by atoms with E-state index in [1.54, 1.807) is 0 Å². The molecule has 2 unspecified atom stereocenters. The Balaban J connectivity index is 1.20. The minimum atomic E-state index is -0.686. The lowest BCUT2D eigenvalue weighted by Gasteiger charge is -2.30. The van der Waals surface area contributed by atoms with Gasteiger partial charge in [0, 0.05) is 35.8 Å². The number of carbonyl (C=O) groups is 2. The summed E-state index contributed by atoms with van der Waals surface area (Å²) in [7, 11) is 0. The Labute approximate surface area is 354 Å². The predicted molar refractivity (Wildman–Crippen MR) is 243 cm³/mol. The third-order valence-corrected chi connectivity index (χ3v) is 11.6. The fourth-order valence-corrected chi connectivity index (χ4v) is 8.72. The molecular weight excluding hydrogens is 741 g/mol. The van der Waals surface area contributed by atoms with Crippen molar-refractivity contribution in [3.05, 3.63) is 175 Å². The number of carbonyl (C=O) groups excluding carboxylic acids is 2. The summed E-state index contributed by atoms with van der Waals surface area (Å²) in [6.45, 7) is 5.47. The fraction of sp³-hybridized carbons (Fsp3) is 0.269. The monoisotopic (exact) mass is 794 g/mol. The zero-order valence-corrected chi connectivity index (χ0v) is 34.7. The first-order valence-corrected chi connectivity index (χ1v) is 21.7. The molecule has 2 aromatic heterocycles. The van der Waals surface area contributed by atoms with Crippen molar-refractivity contribution in [2.45, 2.75) is 71.3 Å². The van der Waals surface area contributed by atoms with Crippen molar-refractivity contribution in [2.24, 2.45) is 5.92 Å². The molecule has 0 spiro atoms. The molecule has 2 amide bonds. The highest BCUT2D eigenvalue weighted by molar-refractivity contribution is 6.15. The lowest BCUT2D eigenvalue weighted by molar-refractivity contribution is -0.131. The first kappa shape index (κ1) is 40.2. The molecule has 2 atom stereocenters. The predicted octanol–water partition coefficient (Wildman–Crippen LogP) is 12.3. The Hall–Kier alpha value is -6.54. The number of para-hydroxylation sites is 4. The van der Waals surface area contributed by atoms with E-state index in [1.165, 1.54) is 0 Å². The van der Waals surface area contributed by atoms with Crippen LogP contribution in [-0.4, -0.2) is 44.7 Å². The van der Waals surface area contributed by atoms with E-state index in [2.05, 4.69) is 78.2 Å². The molecule has 8 rings (SSSR count). The van der Waals surface area contributed by atoms with Gasteiger partial charge in [0.25, 0.3) is 5.91 Å². The summed E-state index contributed by atoms with van der Waals surface area (Å²) >= 11 is 0. The van der Waals surface area contributed by atoms with E-state index in [-0.39, 0.29) is 11.8 Å². The molecule has 304 valence electrons. The van der Waals surface area contributed by atoms with Crippen LogP contribution in [0, 0.1) is 5.92 Å². The van der Waals surface area contributed by atoms with Crippen molar-refractivity contribution in [3.8, 4) is 0 Å². The molecule has 1 saturated heterocycles. The third kappa shape index (κ3) is 8.32. The number of likely N-dealkylation sites (tertiary alicyclic amines) is 1. The number of nitrogens with zero attached hydrogens (tertiary/aromatic N) is 6.